The monoisotopic (exact) mass is 381 g/mol. The third kappa shape index (κ3) is 6.01. The number of hydrogen-bond donors (Lipinski definition) is 1. The van der Waals surface area contributed by atoms with Crippen LogP contribution in [0.15, 0.2) is 48.5 Å². The first-order valence-corrected chi connectivity index (χ1v) is 7.99. The lowest BCUT2D eigenvalue weighted by atomic mass is 10.1. The normalized spacial score (nSPS) is 11.9. The molecule has 0 aromatic heterocycles. The fourth-order valence-corrected chi connectivity index (χ4v) is 2.09. The Morgan fingerprint density at radius 1 is 1.23 bits per heavy atom. The number of amides is 1. The molecule has 2 aromatic carbocycles. The van der Waals surface area contributed by atoms with E-state index in [0.717, 1.165) is 12.1 Å². The van der Waals surface area contributed by atoms with Crippen molar-refractivity contribution in [1.29, 1.82) is 0 Å². The number of carbonyl (C=O) groups is 1. The van der Waals surface area contributed by atoms with Crippen molar-refractivity contribution in [3.05, 3.63) is 64.7 Å². The Labute approximate surface area is 154 Å². The highest BCUT2D eigenvalue weighted by atomic mass is 35.5. The average Bonchev–Trinajstić information content (AvgIpc) is 2.60. The van der Waals surface area contributed by atoms with E-state index in [-0.39, 0.29) is 12.1 Å². The zero-order valence-corrected chi connectivity index (χ0v) is 14.5. The minimum atomic E-state index is -4.42. The SMILES string of the molecule is CC(Oc1ccc(Cl)cc1)C(=O)NCC#Cc1cccc(C(F)(F)F)c1. The van der Waals surface area contributed by atoms with Crippen molar-refractivity contribution >= 4 is 17.5 Å². The summed E-state index contributed by atoms with van der Waals surface area (Å²) in [5, 5.41) is 3.10. The molecule has 1 amide bonds. The third-order valence-corrected chi connectivity index (χ3v) is 3.52. The van der Waals surface area contributed by atoms with Gasteiger partial charge in [0.1, 0.15) is 5.75 Å². The number of nitrogens with one attached hydrogen (secondary N) is 1. The molecule has 1 N–H and O–H groups in total. The lowest BCUT2D eigenvalue weighted by Gasteiger charge is -2.13. The lowest BCUT2D eigenvalue weighted by Crippen LogP contribution is -2.36. The van der Waals surface area contributed by atoms with Crippen molar-refractivity contribution < 1.29 is 22.7 Å². The molecular formula is C19H15ClF3NO2. The average molecular weight is 382 g/mol. The van der Waals surface area contributed by atoms with Gasteiger partial charge >= 0.3 is 6.18 Å². The predicted octanol–water partition coefficient (Wildman–Crippen LogP) is 4.29. The molecule has 7 heteroatoms. The summed E-state index contributed by atoms with van der Waals surface area (Å²) in [4.78, 5) is 11.9. The summed E-state index contributed by atoms with van der Waals surface area (Å²) in [6, 6.07) is 11.2. The molecule has 0 bridgehead atoms. The van der Waals surface area contributed by atoms with Gasteiger partial charge in [-0.2, -0.15) is 13.2 Å². The Morgan fingerprint density at radius 2 is 1.92 bits per heavy atom. The van der Waals surface area contributed by atoms with Gasteiger partial charge in [-0.1, -0.05) is 29.5 Å². The van der Waals surface area contributed by atoms with E-state index in [1.165, 1.54) is 12.1 Å². The molecule has 0 aliphatic heterocycles. The third-order valence-electron chi connectivity index (χ3n) is 3.27. The van der Waals surface area contributed by atoms with Gasteiger partial charge < -0.3 is 10.1 Å². The van der Waals surface area contributed by atoms with E-state index in [9.17, 15) is 18.0 Å². The van der Waals surface area contributed by atoms with Gasteiger partial charge in [-0.05, 0) is 49.4 Å². The highest BCUT2D eigenvalue weighted by Gasteiger charge is 2.30. The molecule has 2 rings (SSSR count). The number of benzene rings is 2. The van der Waals surface area contributed by atoms with Gasteiger partial charge in [-0.15, -0.1) is 0 Å². The molecule has 0 saturated heterocycles. The van der Waals surface area contributed by atoms with Crippen LogP contribution in [0.1, 0.15) is 18.1 Å². The van der Waals surface area contributed by atoms with Gasteiger partial charge in [0.05, 0.1) is 12.1 Å². The lowest BCUT2D eigenvalue weighted by molar-refractivity contribution is -0.137. The number of hydrogen-bond acceptors (Lipinski definition) is 2. The minimum absolute atomic E-state index is 0.0105. The van der Waals surface area contributed by atoms with Crippen LogP contribution in [0.4, 0.5) is 13.2 Å². The van der Waals surface area contributed by atoms with Crippen molar-refractivity contribution in [3.63, 3.8) is 0 Å². The van der Waals surface area contributed by atoms with Crippen LogP contribution in [0.5, 0.6) is 5.75 Å². The molecule has 1 atom stereocenters. The summed E-state index contributed by atoms with van der Waals surface area (Å²) in [6.45, 7) is 1.56. The largest absolute Gasteiger partial charge is 0.481 e. The highest BCUT2D eigenvalue weighted by molar-refractivity contribution is 6.30. The van der Waals surface area contributed by atoms with Crippen molar-refractivity contribution in [3.8, 4) is 17.6 Å². The molecule has 0 spiro atoms. The van der Waals surface area contributed by atoms with Gasteiger partial charge in [-0.25, -0.2) is 0 Å². The van der Waals surface area contributed by atoms with Crippen molar-refractivity contribution in [2.24, 2.45) is 0 Å². The predicted molar refractivity (Wildman–Crippen MR) is 92.9 cm³/mol. The number of rotatable bonds is 4. The molecular weight excluding hydrogens is 367 g/mol. The van der Waals surface area contributed by atoms with Gasteiger partial charge in [0.15, 0.2) is 6.10 Å². The summed E-state index contributed by atoms with van der Waals surface area (Å²) < 4.78 is 43.3. The summed E-state index contributed by atoms with van der Waals surface area (Å²) in [5.74, 6) is 5.30. The Hall–Kier alpha value is -2.65. The van der Waals surface area contributed by atoms with Crippen LogP contribution in [0.2, 0.25) is 5.02 Å². The van der Waals surface area contributed by atoms with Crippen molar-refractivity contribution in [1.82, 2.24) is 5.32 Å². The summed E-state index contributed by atoms with van der Waals surface area (Å²) in [7, 11) is 0. The van der Waals surface area contributed by atoms with E-state index in [2.05, 4.69) is 17.2 Å². The van der Waals surface area contributed by atoms with Crippen LogP contribution in [0.25, 0.3) is 0 Å². The first kappa shape index (κ1) is 19.7. The number of alkyl halides is 3. The van der Waals surface area contributed by atoms with Gasteiger partial charge in [-0.3, -0.25) is 4.79 Å². The summed E-state index contributed by atoms with van der Waals surface area (Å²) in [5.41, 5.74) is -0.544. The minimum Gasteiger partial charge on any atom is -0.481 e. The van der Waals surface area contributed by atoms with Gasteiger partial charge in [0, 0.05) is 10.6 Å². The fourth-order valence-electron chi connectivity index (χ4n) is 1.97. The van der Waals surface area contributed by atoms with Crippen LogP contribution in [0.3, 0.4) is 0 Å². The first-order chi connectivity index (χ1) is 12.3. The zero-order chi connectivity index (χ0) is 19.2. The molecule has 2 aromatic rings. The number of ether oxygens (including phenoxy) is 1. The summed E-state index contributed by atoms with van der Waals surface area (Å²) >= 11 is 5.77. The molecule has 0 fully saturated rings. The summed E-state index contributed by atoms with van der Waals surface area (Å²) in [6.07, 6.45) is -5.17. The second-order valence-electron chi connectivity index (χ2n) is 5.31. The Bertz CT molecular complexity index is 823. The molecule has 0 saturated carbocycles. The molecule has 0 aliphatic rings. The van der Waals surface area contributed by atoms with E-state index in [0.29, 0.717) is 10.8 Å². The Balaban J connectivity index is 1.87. The van der Waals surface area contributed by atoms with E-state index >= 15 is 0 Å². The van der Waals surface area contributed by atoms with E-state index < -0.39 is 23.8 Å². The molecule has 1 unspecified atom stereocenters. The molecule has 26 heavy (non-hydrogen) atoms. The standard InChI is InChI=1S/C19H15ClF3NO2/c1-13(26-17-9-7-16(20)8-10-17)18(25)24-11-3-5-14-4-2-6-15(12-14)19(21,22)23/h2,4,6-10,12-13H,11H2,1H3,(H,24,25). The van der Waals surface area contributed by atoms with Crippen LogP contribution in [-0.4, -0.2) is 18.6 Å². The maximum Gasteiger partial charge on any atom is 0.416 e. The van der Waals surface area contributed by atoms with E-state index in [4.69, 9.17) is 16.3 Å². The maximum atomic E-state index is 12.6. The van der Waals surface area contributed by atoms with E-state index in [1.807, 2.05) is 0 Å². The Kier molecular flexibility index (Phi) is 6.53. The van der Waals surface area contributed by atoms with Crippen molar-refractivity contribution in [2.75, 3.05) is 6.54 Å². The van der Waals surface area contributed by atoms with Crippen molar-refractivity contribution in [2.45, 2.75) is 19.2 Å². The smallest absolute Gasteiger partial charge is 0.416 e. The van der Waals surface area contributed by atoms with E-state index in [1.54, 1.807) is 31.2 Å². The second kappa shape index (κ2) is 8.63. The van der Waals surface area contributed by atoms with Gasteiger partial charge in [0.2, 0.25) is 0 Å². The number of halogens is 4. The number of carbonyl (C=O) groups excluding carboxylic acids is 1. The van der Waals surface area contributed by atoms with Gasteiger partial charge in [0.25, 0.3) is 5.91 Å². The second-order valence-corrected chi connectivity index (χ2v) is 5.75. The van der Waals surface area contributed by atoms with Crippen LogP contribution in [-0.2, 0) is 11.0 Å². The molecule has 3 nitrogen and oxygen atoms in total. The topological polar surface area (TPSA) is 38.3 Å². The zero-order valence-electron chi connectivity index (χ0n) is 13.7. The Morgan fingerprint density at radius 3 is 2.58 bits per heavy atom. The first-order valence-electron chi connectivity index (χ1n) is 7.62. The van der Waals surface area contributed by atoms with Crippen LogP contribution in [0, 0.1) is 11.8 Å². The maximum absolute atomic E-state index is 12.6. The molecule has 0 heterocycles. The fraction of sp³-hybridized carbons (Fsp3) is 0.211. The molecule has 0 aliphatic carbocycles. The van der Waals surface area contributed by atoms with Crippen LogP contribution >= 0.6 is 11.6 Å². The van der Waals surface area contributed by atoms with Crippen LogP contribution < -0.4 is 10.1 Å². The highest BCUT2D eigenvalue weighted by Crippen LogP contribution is 2.29. The molecule has 0 radical (unpaired) electrons. The quantitative estimate of drug-likeness (QED) is 0.802. The molecule has 136 valence electrons.